The number of aromatic amines is 1. The van der Waals surface area contributed by atoms with Crippen LogP contribution in [0.5, 0.6) is 0 Å². The van der Waals surface area contributed by atoms with E-state index in [9.17, 15) is 14.4 Å². The average Bonchev–Trinajstić information content (AvgIpc) is 3.42. The van der Waals surface area contributed by atoms with E-state index in [0.29, 0.717) is 23.6 Å². The largest absolute Gasteiger partial charge is 0.439 e. The number of carbonyl (C=O) groups excluding carboxylic acids is 1. The van der Waals surface area contributed by atoms with Gasteiger partial charge in [0.25, 0.3) is 5.56 Å². The van der Waals surface area contributed by atoms with Crippen LogP contribution in [-0.2, 0) is 17.8 Å². The summed E-state index contributed by atoms with van der Waals surface area (Å²) < 4.78 is 6.46. The fourth-order valence-corrected chi connectivity index (χ4v) is 6.05. The van der Waals surface area contributed by atoms with Crippen LogP contribution in [0.1, 0.15) is 81.9 Å². The molecule has 2 aromatic carbocycles. The number of nitrogens with zero attached hydrogens (tertiary/aromatic N) is 4. The lowest BCUT2D eigenvalue weighted by Gasteiger charge is -2.39. The van der Waals surface area contributed by atoms with Crippen molar-refractivity contribution in [1.82, 2.24) is 24.6 Å². The molecule has 3 atom stereocenters. The molecule has 3 heterocycles. The third-order valence-electron chi connectivity index (χ3n) is 8.59. The van der Waals surface area contributed by atoms with Crippen LogP contribution in [0.3, 0.4) is 0 Å². The van der Waals surface area contributed by atoms with Gasteiger partial charge in [-0.1, -0.05) is 67.5 Å². The van der Waals surface area contributed by atoms with Gasteiger partial charge in [0.2, 0.25) is 5.91 Å². The number of aromatic nitrogens is 4. The van der Waals surface area contributed by atoms with Crippen molar-refractivity contribution in [3.05, 3.63) is 92.1 Å². The molecule has 0 saturated carbocycles. The van der Waals surface area contributed by atoms with Gasteiger partial charge in [0, 0.05) is 34.8 Å². The number of nitrogens with one attached hydrogen (secondary N) is 1. The maximum Gasteiger partial charge on any atom is 0.439 e. The van der Waals surface area contributed by atoms with E-state index in [1.54, 1.807) is 4.57 Å². The Morgan fingerprint density at radius 2 is 1.71 bits per heavy atom. The quantitative estimate of drug-likeness (QED) is 0.302. The monoisotopic (exact) mass is 569 g/mol. The zero-order valence-corrected chi connectivity index (χ0v) is 25.0. The molecule has 1 saturated heterocycles. The van der Waals surface area contributed by atoms with Crippen molar-refractivity contribution >= 4 is 5.91 Å². The van der Waals surface area contributed by atoms with E-state index in [-0.39, 0.29) is 35.9 Å². The van der Waals surface area contributed by atoms with E-state index in [2.05, 4.69) is 37.8 Å². The summed E-state index contributed by atoms with van der Waals surface area (Å²) in [7, 11) is 0. The van der Waals surface area contributed by atoms with Crippen molar-refractivity contribution in [2.75, 3.05) is 0 Å². The second kappa shape index (κ2) is 12.3. The molecule has 0 radical (unpaired) electrons. The maximum atomic E-state index is 14.0. The maximum absolute atomic E-state index is 14.0. The van der Waals surface area contributed by atoms with Crippen LogP contribution < -0.4 is 11.3 Å². The average molecular weight is 570 g/mol. The molecule has 0 spiro atoms. The Balaban J connectivity index is 1.47. The van der Waals surface area contributed by atoms with Crippen molar-refractivity contribution in [2.24, 2.45) is 0 Å². The lowest BCUT2D eigenvalue weighted by Crippen LogP contribution is -2.48. The van der Waals surface area contributed by atoms with Crippen molar-refractivity contribution < 1.29 is 9.32 Å². The molecule has 1 fully saturated rings. The zero-order chi connectivity index (χ0) is 30.0. The molecular weight excluding hydrogens is 530 g/mol. The molecule has 4 aromatic rings. The molecule has 42 heavy (non-hydrogen) atoms. The Kier molecular flexibility index (Phi) is 8.56. The molecule has 9 nitrogen and oxygen atoms in total. The Morgan fingerprint density at radius 1 is 1.05 bits per heavy atom. The molecule has 2 aromatic heterocycles. The summed E-state index contributed by atoms with van der Waals surface area (Å²) in [6.07, 6.45) is 4.00. The number of hydrogen-bond donors (Lipinski definition) is 1. The van der Waals surface area contributed by atoms with Crippen molar-refractivity contribution in [2.45, 2.75) is 91.3 Å². The highest BCUT2D eigenvalue weighted by atomic mass is 16.5. The van der Waals surface area contributed by atoms with Gasteiger partial charge in [0.15, 0.2) is 5.82 Å². The van der Waals surface area contributed by atoms with Gasteiger partial charge >= 0.3 is 5.76 Å². The number of H-pyrrole nitrogens is 1. The molecule has 9 heteroatoms. The first-order valence-corrected chi connectivity index (χ1v) is 14.8. The third-order valence-corrected chi connectivity index (χ3v) is 8.59. The third kappa shape index (κ3) is 5.86. The molecule has 0 aliphatic carbocycles. The Morgan fingerprint density at radius 3 is 2.33 bits per heavy atom. The summed E-state index contributed by atoms with van der Waals surface area (Å²) in [5.41, 5.74) is 4.49. The number of amides is 1. The molecule has 220 valence electrons. The van der Waals surface area contributed by atoms with Gasteiger partial charge in [0.05, 0.1) is 13.0 Å². The first-order chi connectivity index (χ1) is 20.2. The van der Waals surface area contributed by atoms with Gasteiger partial charge in [-0.15, -0.1) is 0 Å². The van der Waals surface area contributed by atoms with E-state index in [1.165, 1.54) is 0 Å². The van der Waals surface area contributed by atoms with E-state index in [0.717, 1.165) is 53.8 Å². The minimum Gasteiger partial charge on any atom is -0.337 e. The van der Waals surface area contributed by atoms with Crippen LogP contribution >= 0.6 is 0 Å². The van der Waals surface area contributed by atoms with E-state index in [1.807, 2.05) is 60.4 Å². The van der Waals surface area contributed by atoms with Crippen LogP contribution in [0.2, 0.25) is 0 Å². The standard InChI is InChI=1S/C33H39N5O4/c1-6-20(2)31-34-23(5)28(18-29(39)38-21(3)10-9-11-22(38)4)32(40)37(31)19-24-14-16-25(17-15-24)26-12-7-8-13-27(26)30-35-33(41)42-36-30/h7-8,12-17,20-22H,6,9-11,18-19H2,1-5H3,(H,35,36,41). The summed E-state index contributed by atoms with van der Waals surface area (Å²) in [5, 5.41) is 3.85. The summed E-state index contributed by atoms with van der Waals surface area (Å²) in [6.45, 7) is 10.5. The van der Waals surface area contributed by atoms with Crippen LogP contribution in [0, 0.1) is 6.92 Å². The Bertz CT molecular complexity index is 1670. The van der Waals surface area contributed by atoms with Crippen molar-refractivity contribution in [3.8, 4) is 22.5 Å². The zero-order valence-electron chi connectivity index (χ0n) is 25.0. The van der Waals surface area contributed by atoms with E-state index >= 15 is 0 Å². The Labute approximate surface area is 245 Å². The molecule has 1 N–H and O–H groups in total. The number of rotatable bonds is 8. The predicted molar refractivity (Wildman–Crippen MR) is 162 cm³/mol. The number of piperidine rings is 1. The van der Waals surface area contributed by atoms with Crippen LogP contribution in [0.25, 0.3) is 22.5 Å². The van der Waals surface area contributed by atoms with Gasteiger partial charge in [-0.3, -0.25) is 23.7 Å². The molecule has 1 amide bonds. The minimum atomic E-state index is -0.606. The molecule has 5 rings (SSSR count). The van der Waals surface area contributed by atoms with Gasteiger partial charge in [-0.05, 0) is 63.1 Å². The number of carbonyl (C=O) groups is 1. The predicted octanol–water partition coefficient (Wildman–Crippen LogP) is 5.46. The number of aryl methyl sites for hydroxylation is 1. The number of hydrogen-bond acceptors (Lipinski definition) is 6. The number of likely N-dealkylation sites (tertiary alicyclic amines) is 1. The van der Waals surface area contributed by atoms with Gasteiger partial charge in [0.1, 0.15) is 5.82 Å². The minimum absolute atomic E-state index is 0.00369. The van der Waals surface area contributed by atoms with Crippen LogP contribution in [0.15, 0.2) is 62.6 Å². The fraction of sp³-hybridized carbons (Fsp3) is 0.424. The Hall–Kier alpha value is -4.27. The van der Waals surface area contributed by atoms with Crippen molar-refractivity contribution in [1.29, 1.82) is 0 Å². The second-order valence-corrected chi connectivity index (χ2v) is 11.5. The van der Waals surface area contributed by atoms with Gasteiger partial charge < -0.3 is 4.90 Å². The molecular formula is C33H39N5O4. The topological polar surface area (TPSA) is 114 Å². The van der Waals surface area contributed by atoms with Gasteiger partial charge in [-0.2, -0.15) is 0 Å². The van der Waals surface area contributed by atoms with E-state index in [4.69, 9.17) is 9.51 Å². The SMILES string of the molecule is CCC(C)c1nc(C)c(CC(=O)N2C(C)CCCC2C)c(=O)n1Cc1ccc(-c2ccccc2-c2noc(=O)[nH]2)cc1. The summed E-state index contributed by atoms with van der Waals surface area (Å²) >= 11 is 0. The molecule has 1 aliphatic heterocycles. The second-order valence-electron chi connectivity index (χ2n) is 11.5. The lowest BCUT2D eigenvalue weighted by atomic mass is 9.96. The smallest absolute Gasteiger partial charge is 0.337 e. The molecule has 3 unspecified atom stereocenters. The lowest BCUT2D eigenvalue weighted by molar-refractivity contribution is -0.136. The summed E-state index contributed by atoms with van der Waals surface area (Å²) in [4.78, 5) is 48.5. The van der Waals surface area contributed by atoms with Crippen LogP contribution in [0.4, 0.5) is 0 Å². The highest BCUT2D eigenvalue weighted by molar-refractivity contribution is 5.80. The first-order valence-electron chi connectivity index (χ1n) is 14.8. The summed E-state index contributed by atoms with van der Waals surface area (Å²) in [6, 6.07) is 15.9. The highest BCUT2D eigenvalue weighted by Gasteiger charge is 2.30. The summed E-state index contributed by atoms with van der Waals surface area (Å²) in [5.74, 6) is 0.575. The van der Waals surface area contributed by atoms with Gasteiger partial charge in [-0.25, -0.2) is 9.78 Å². The highest BCUT2D eigenvalue weighted by Crippen LogP contribution is 2.30. The van der Waals surface area contributed by atoms with Crippen LogP contribution in [-0.4, -0.2) is 42.6 Å². The van der Waals surface area contributed by atoms with E-state index < -0.39 is 5.76 Å². The fourth-order valence-electron chi connectivity index (χ4n) is 6.05. The van der Waals surface area contributed by atoms with Crippen molar-refractivity contribution in [3.63, 3.8) is 0 Å². The molecule has 1 aliphatic rings. The molecule has 0 bridgehead atoms. The normalized spacial score (nSPS) is 17.8. The number of benzene rings is 2. The first kappa shape index (κ1) is 29.2.